The highest BCUT2D eigenvalue weighted by Crippen LogP contribution is 2.30. The Morgan fingerprint density at radius 3 is 2.91 bits per heavy atom. The molecule has 3 rings (SSSR count). The van der Waals surface area contributed by atoms with E-state index < -0.39 is 0 Å². The highest BCUT2D eigenvalue weighted by atomic mass is 32.1. The molecule has 2 heterocycles. The molecule has 23 heavy (non-hydrogen) atoms. The molecule has 0 atom stereocenters. The van der Waals surface area contributed by atoms with Crippen LogP contribution in [0.2, 0.25) is 0 Å². The summed E-state index contributed by atoms with van der Waals surface area (Å²) in [7, 11) is 0. The monoisotopic (exact) mass is 334 g/mol. The van der Waals surface area contributed by atoms with Gasteiger partial charge >= 0.3 is 0 Å². The fourth-order valence-corrected chi connectivity index (χ4v) is 3.73. The van der Waals surface area contributed by atoms with Crippen molar-refractivity contribution in [3.63, 3.8) is 0 Å². The number of aromatic nitrogens is 1. The molecule has 0 unspecified atom stereocenters. The van der Waals surface area contributed by atoms with Crippen LogP contribution in [0, 0.1) is 6.92 Å². The van der Waals surface area contributed by atoms with E-state index in [2.05, 4.69) is 17.4 Å². The topological polar surface area (TPSA) is 64.4 Å². The van der Waals surface area contributed by atoms with Gasteiger partial charge in [0.1, 0.15) is 28.7 Å². The number of aryl methyl sites for hydroxylation is 1. The third-order valence-electron chi connectivity index (χ3n) is 4.26. The van der Waals surface area contributed by atoms with E-state index in [1.165, 1.54) is 30.6 Å². The largest absolute Gasteiger partial charge is 0.485 e. The van der Waals surface area contributed by atoms with E-state index >= 15 is 0 Å². The zero-order valence-electron chi connectivity index (χ0n) is 13.6. The molecule has 0 aliphatic heterocycles. The zero-order valence-corrected chi connectivity index (χ0v) is 14.4. The first-order valence-corrected chi connectivity index (χ1v) is 8.89. The molecule has 5 nitrogen and oxygen atoms in total. The number of hydrogen-bond acceptors (Lipinski definition) is 5. The van der Waals surface area contributed by atoms with Crippen molar-refractivity contribution in [3.05, 3.63) is 33.8 Å². The molecule has 6 heteroatoms. The number of hydrogen-bond donors (Lipinski definition) is 1. The second kappa shape index (κ2) is 6.74. The molecule has 2 aromatic heterocycles. The zero-order chi connectivity index (χ0) is 16.3. The molecule has 0 bridgehead atoms. The van der Waals surface area contributed by atoms with E-state index in [0.29, 0.717) is 17.2 Å². The molecule has 0 spiro atoms. The molecule has 0 radical (unpaired) electrons. The molecule has 1 fully saturated rings. The summed E-state index contributed by atoms with van der Waals surface area (Å²) in [4.78, 5) is 13.2. The minimum Gasteiger partial charge on any atom is -0.485 e. The Hall–Kier alpha value is -1.82. The Balaban J connectivity index is 1.64. The van der Waals surface area contributed by atoms with E-state index in [1.807, 2.05) is 24.4 Å². The van der Waals surface area contributed by atoms with Crippen LogP contribution >= 0.6 is 11.3 Å². The summed E-state index contributed by atoms with van der Waals surface area (Å²) in [6, 6.07) is 3.66. The number of rotatable bonds is 5. The second-order valence-corrected chi connectivity index (χ2v) is 7.32. The molecule has 1 N–H and O–H groups in total. The van der Waals surface area contributed by atoms with Crippen molar-refractivity contribution in [2.45, 2.75) is 58.1 Å². The van der Waals surface area contributed by atoms with Crippen LogP contribution < -0.4 is 10.1 Å². The smallest absolute Gasteiger partial charge is 0.265 e. The van der Waals surface area contributed by atoms with Gasteiger partial charge in [-0.2, -0.15) is 0 Å². The summed E-state index contributed by atoms with van der Waals surface area (Å²) >= 11 is 1.40. The summed E-state index contributed by atoms with van der Waals surface area (Å²) in [5, 5.41) is 8.97. The van der Waals surface area contributed by atoms with Crippen molar-refractivity contribution in [3.8, 4) is 5.75 Å². The third-order valence-corrected chi connectivity index (χ3v) is 5.15. The van der Waals surface area contributed by atoms with Gasteiger partial charge in [0.05, 0.1) is 0 Å². The Kier molecular flexibility index (Phi) is 4.71. The third kappa shape index (κ3) is 3.93. The number of thiophene rings is 1. The molecule has 1 aliphatic rings. The van der Waals surface area contributed by atoms with Crippen LogP contribution in [0.5, 0.6) is 5.75 Å². The van der Waals surface area contributed by atoms with E-state index in [0.717, 1.165) is 24.3 Å². The Bertz CT molecular complexity index is 671. The van der Waals surface area contributed by atoms with Crippen molar-refractivity contribution in [1.29, 1.82) is 0 Å². The van der Waals surface area contributed by atoms with Crippen molar-refractivity contribution >= 4 is 17.2 Å². The minimum absolute atomic E-state index is 0.0456. The fourth-order valence-electron chi connectivity index (χ4n) is 3.00. The van der Waals surface area contributed by atoms with Crippen LogP contribution in [0.25, 0.3) is 0 Å². The van der Waals surface area contributed by atoms with E-state index in [-0.39, 0.29) is 11.4 Å². The van der Waals surface area contributed by atoms with Crippen molar-refractivity contribution in [2.75, 3.05) is 0 Å². The predicted molar refractivity (Wildman–Crippen MR) is 88.8 cm³/mol. The molecular formula is C17H22N2O3S. The maximum Gasteiger partial charge on any atom is 0.265 e. The molecule has 1 amide bonds. The lowest BCUT2D eigenvalue weighted by molar-refractivity contribution is 0.0883. The number of amides is 1. The van der Waals surface area contributed by atoms with Gasteiger partial charge < -0.3 is 14.6 Å². The molecule has 1 saturated carbocycles. The number of carbonyl (C=O) groups excluding carboxylic acids is 1. The lowest BCUT2D eigenvalue weighted by Crippen LogP contribution is -2.47. The van der Waals surface area contributed by atoms with Gasteiger partial charge in [-0.15, -0.1) is 11.3 Å². The Labute approximate surface area is 140 Å². The average molecular weight is 334 g/mol. The van der Waals surface area contributed by atoms with Crippen LogP contribution in [0.1, 0.15) is 60.2 Å². The summed E-state index contributed by atoms with van der Waals surface area (Å²) in [5.41, 5.74) is 0.624. The van der Waals surface area contributed by atoms with Gasteiger partial charge in [0.2, 0.25) is 0 Å². The first-order chi connectivity index (χ1) is 11.1. The van der Waals surface area contributed by atoms with Crippen LogP contribution in [0.3, 0.4) is 0 Å². The van der Waals surface area contributed by atoms with Crippen LogP contribution in [0.15, 0.2) is 22.0 Å². The summed E-state index contributed by atoms with van der Waals surface area (Å²) in [6.45, 7) is 4.27. The van der Waals surface area contributed by atoms with Gasteiger partial charge in [-0.25, -0.2) is 0 Å². The van der Waals surface area contributed by atoms with Crippen LogP contribution in [-0.2, 0) is 6.61 Å². The Morgan fingerprint density at radius 1 is 1.43 bits per heavy atom. The highest BCUT2D eigenvalue weighted by Gasteiger charge is 2.30. The summed E-state index contributed by atoms with van der Waals surface area (Å²) in [6.07, 6.45) is 5.69. The molecule has 2 aromatic rings. The van der Waals surface area contributed by atoms with Gasteiger partial charge in [-0.05, 0) is 38.1 Å². The number of ether oxygens (including phenoxy) is 1. The number of carbonyl (C=O) groups is 1. The first-order valence-electron chi connectivity index (χ1n) is 8.01. The Morgan fingerprint density at radius 2 is 2.22 bits per heavy atom. The molecule has 0 saturated heterocycles. The first kappa shape index (κ1) is 16.1. The maximum atomic E-state index is 12.6. The SMILES string of the molecule is Cc1cc(COc2ccsc2C(=O)NC2(C)CCCCC2)no1. The second-order valence-electron chi connectivity index (χ2n) is 6.41. The number of nitrogens with zero attached hydrogens (tertiary/aromatic N) is 1. The summed E-state index contributed by atoms with van der Waals surface area (Å²) in [5.74, 6) is 1.31. The molecule has 0 aromatic carbocycles. The lowest BCUT2D eigenvalue weighted by atomic mass is 9.83. The fraction of sp³-hybridized carbons (Fsp3) is 0.529. The van der Waals surface area contributed by atoms with Crippen LogP contribution in [0.4, 0.5) is 0 Å². The quantitative estimate of drug-likeness (QED) is 0.895. The van der Waals surface area contributed by atoms with Gasteiger partial charge in [-0.1, -0.05) is 24.4 Å². The average Bonchev–Trinajstić information content (AvgIpc) is 3.14. The van der Waals surface area contributed by atoms with Gasteiger partial charge in [0.15, 0.2) is 0 Å². The molecule has 1 aliphatic carbocycles. The predicted octanol–water partition coefficient (Wildman–Crippen LogP) is 4.08. The normalized spacial score (nSPS) is 17.0. The van der Waals surface area contributed by atoms with E-state index in [9.17, 15) is 4.79 Å². The highest BCUT2D eigenvalue weighted by molar-refractivity contribution is 7.12. The number of nitrogens with one attached hydrogen (secondary N) is 1. The minimum atomic E-state index is -0.0974. The van der Waals surface area contributed by atoms with E-state index in [1.54, 1.807) is 0 Å². The lowest BCUT2D eigenvalue weighted by Gasteiger charge is -2.34. The molecule has 124 valence electrons. The van der Waals surface area contributed by atoms with Crippen molar-refractivity contribution < 1.29 is 14.1 Å². The standard InChI is InChI=1S/C17H22N2O3S/c1-12-10-13(19-22-12)11-21-14-6-9-23-15(14)16(20)18-17(2)7-4-3-5-8-17/h6,9-10H,3-5,7-8,11H2,1-2H3,(H,18,20). The van der Waals surface area contributed by atoms with E-state index in [4.69, 9.17) is 9.26 Å². The van der Waals surface area contributed by atoms with Crippen LogP contribution in [-0.4, -0.2) is 16.6 Å². The van der Waals surface area contributed by atoms with Gasteiger partial charge in [0.25, 0.3) is 5.91 Å². The van der Waals surface area contributed by atoms with Gasteiger partial charge in [-0.3, -0.25) is 4.79 Å². The van der Waals surface area contributed by atoms with Crippen molar-refractivity contribution in [2.24, 2.45) is 0 Å². The van der Waals surface area contributed by atoms with Crippen molar-refractivity contribution in [1.82, 2.24) is 10.5 Å². The molecular weight excluding hydrogens is 312 g/mol. The summed E-state index contributed by atoms with van der Waals surface area (Å²) < 4.78 is 10.8. The van der Waals surface area contributed by atoms with Gasteiger partial charge in [0, 0.05) is 11.6 Å². The maximum absolute atomic E-state index is 12.6.